The van der Waals surface area contributed by atoms with Crippen molar-refractivity contribution in [1.82, 2.24) is 19.2 Å². The van der Waals surface area contributed by atoms with Gasteiger partial charge in [0.2, 0.25) is 5.91 Å². The number of nitrogens with zero attached hydrogens (tertiary/aromatic N) is 2. The van der Waals surface area contributed by atoms with Crippen molar-refractivity contribution in [3.63, 3.8) is 0 Å². The van der Waals surface area contributed by atoms with Crippen LogP contribution in [-0.4, -0.2) is 41.9 Å². The minimum atomic E-state index is -3.88. The molecule has 158 valence electrons. The van der Waals surface area contributed by atoms with Gasteiger partial charge < -0.3 is 5.32 Å². The maximum atomic E-state index is 13.4. The van der Waals surface area contributed by atoms with Crippen LogP contribution in [0, 0.1) is 5.82 Å². The number of anilines is 1. The van der Waals surface area contributed by atoms with Crippen molar-refractivity contribution >= 4 is 44.7 Å². The first-order chi connectivity index (χ1) is 14.2. The number of likely N-dealkylation sites (N-methyl/N-ethyl adjacent to an activating group) is 1. The summed E-state index contributed by atoms with van der Waals surface area (Å²) >= 11 is 7.16. The molecule has 2 atom stereocenters. The molecule has 8 nitrogen and oxygen atoms in total. The van der Waals surface area contributed by atoms with Gasteiger partial charge >= 0.3 is 0 Å². The summed E-state index contributed by atoms with van der Waals surface area (Å²) in [6.45, 7) is 0. The van der Waals surface area contributed by atoms with Gasteiger partial charge in [0, 0.05) is 29.4 Å². The third-order valence-corrected chi connectivity index (χ3v) is 7.78. The number of hydrogen-bond acceptors (Lipinski definition) is 5. The fourth-order valence-electron chi connectivity index (χ4n) is 3.19. The lowest BCUT2D eigenvalue weighted by Crippen LogP contribution is -2.55. The highest BCUT2D eigenvalue weighted by molar-refractivity contribution is 7.87. The topological polar surface area (TPSA) is 107 Å². The van der Waals surface area contributed by atoms with Crippen LogP contribution in [0.1, 0.15) is 17.3 Å². The van der Waals surface area contributed by atoms with Crippen LogP contribution in [0.5, 0.6) is 0 Å². The number of nitrogens with one attached hydrogen (secondary N) is 3. The molecule has 1 aliphatic heterocycles. The molecule has 3 heterocycles. The Labute approximate surface area is 181 Å². The average Bonchev–Trinajstić information content (AvgIpc) is 3.38. The van der Waals surface area contributed by atoms with Crippen molar-refractivity contribution in [1.29, 1.82) is 0 Å². The van der Waals surface area contributed by atoms with E-state index in [0.717, 1.165) is 26.4 Å². The molecule has 0 saturated carbocycles. The number of amides is 1. The summed E-state index contributed by atoms with van der Waals surface area (Å²) < 4.78 is 42.2. The van der Waals surface area contributed by atoms with Crippen LogP contribution in [0.3, 0.4) is 0 Å². The number of aromatic nitrogens is 2. The molecule has 1 aromatic carbocycles. The molecule has 30 heavy (non-hydrogen) atoms. The monoisotopic (exact) mass is 469 g/mol. The predicted molar refractivity (Wildman–Crippen MR) is 113 cm³/mol. The molecule has 3 aromatic rings. The van der Waals surface area contributed by atoms with Crippen LogP contribution in [-0.2, 0) is 15.0 Å². The Morgan fingerprint density at radius 2 is 2.17 bits per heavy atom. The van der Waals surface area contributed by atoms with Crippen LogP contribution in [0.2, 0.25) is 5.02 Å². The second-order valence-corrected chi connectivity index (χ2v) is 9.90. The zero-order valence-corrected chi connectivity index (χ0v) is 18.0. The largest absolute Gasteiger partial charge is 0.325 e. The zero-order valence-electron chi connectivity index (χ0n) is 15.6. The van der Waals surface area contributed by atoms with Gasteiger partial charge in [0.1, 0.15) is 11.9 Å². The zero-order chi connectivity index (χ0) is 21.5. The van der Waals surface area contributed by atoms with Gasteiger partial charge in [-0.1, -0.05) is 11.6 Å². The van der Waals surface area contributed by atoms with Crippen molar-refractivity contribution in [2.24, 2.45) is 0 Å². The van der Waals surface area contributed by atoms with E-state index >= 15 is 0 Å². The van der Waals surface area contributed by atoms with Crippen molar-refractivity contribution in [2.45, 2.75) is 18.5 Å². The molecule has 4 rings (SSSR count). The molecule has 3 N–H and O–H groups in total. The van der Waals surface area contributed by atoms with Crippen molar-refractivity contribution in [3.05, 3.63) is 57.8 Å². The fourth-order valence-corrected chi connectivity index (χ4v) is 5.69. The van der Waals surface area contributed by atoms with Gasteiger partial charge in [-0.3, -0.25) is 9.89 Å². The molecular weight excluding hydrogens is 453 g/mol. The number of benzene rings is 1. The minimum Gasteiger partial charge on any atom is -0.325 e. The first kappa shape index (κ1) is 20.9. The maximum absolute atomic E-state index is 13.4. The Balaban J connectivity index is 1.57. The van der Waals surface area contributed by atoms with E-state index in [4.69, 9.17) is 11.6 Å². The Morgan fingerprint density at radius 1 is 1.37 bits per heavy atom. The van der Waals surface area contributed by atoms with E-state index in [0.29, 0.717) is 0 Å². The number of aromatic amines is 1. The summed E-state index contributed by atoms with van der Waals surface area (Å²) in [5, 5.41) is 11.0. The van der Waals surface area contributed by atoms with Crippen LogP contribution < -0.4 is 10.0 Å². The van der Waals surface area contributed by atoms with Gasteiger partial charge in [-0.2, -0.15) is 22.5 Å². The van der Waals surface area contributed by atoms with Crippen LogP contribution in [0.25, 0.3) is 11.1 Å². The first-order valence-corrected chi connectivity index (χ1v) is 11.5. The van der Waals surface area contributed by atoms with E-state index in [1.807, 2.05) is 11.4 Å². The molecular formula is C18H17ClFN5O3S2. The maximum Gasteiger partial charge on any atom is 0.280 e. The first-order valence-electron chi connectivity index (χ1n) is 8.83. The number of thiophene rings is 1. The fraction of sp³-hybridized carbons (Fsp3) is 0.222. The molecule has 1 amide bonds. The van der Waals surface area contributed by atoms with Gasteiger partial charge in [-0.25, -0.2) is 4.39 Å². The molecule has 0 spiro atoms. The number of carbonyl (C=O) groups is 1. The highest BCUT2D eigenvalue weighted by atomic mass is 35.5. The van der Waals surface area contributed by atoms with Crippen molar-refractivity contribution in [3.8, 4) is 11.1 Å². The van der Waals surface area contributed by atoms with Gasteiger partial charge in [0.05, 0.1) is 17.3 Å². The Bertz CT molecular complexity index is 1180. The van der Waals surface area contributed by atoms with E-state index < -0.39 is 34.0 Å². The number of rotatable bonds is 4. The number of H-pyrrole nitrogens is 1. The molecule has 2 aromatic heterocycles. The second-order valence-electron chi connectivity index (χ2n) is 6.79. The van der Waals surface area contributed by atoms with Crippen molar-refractivity contribution in [2.75, 3.05) is 12.4 Å². The van der Waals surface area contributed by atoms with E-state index in [2.05, 4.69) is 20.2 Å². The standard InChI is InChI=1S/C18H17ClFN5O3S2/c1-25-16(18(26)23-12-2-3-14(20)13(19)5-12)6-15(24-30(25,27)28)17-4-10(9-29-17)11-7-21-22-8-11/h2-5,7-9,15-16,24H,6H2,1H3,(H,21,22)(H,23,26). The van der Waals surface area contributed by atoms with E-state index in [1.54, 1.807) is 12.4 Å². The Morgan fingerprint density at radius 3 is 2.87 bits per heavy atom. The highest BCUT2D eigenvalue weighted by Crippen LogP contribution is 2.35. The summed E-state index contributed by atoms with van der Waals surface area (Å²) in [7, 11) is -2.54. The number of halogens is 2. The second kappa shape index (κ2) is 8.08. The predicted octanol–water partition coefficient (Wildman–Crippen LogP) is 3.15. The molecule has 0 radical (unpaired) electrons. The average molecular weight is 470 g/mol. The molecule has 2 unspecified atom stereocenters. The summed E-state index contributed by atoms with van der Waals surface area (Å²) in [6.07, 6.45) is 3.64. The smallest absolute Gasteiger partial charge is 0.280 e. The summed E-state index contributed by atoms with van der Waals surface area (Å²) in [5.74, 6) is -1.13. The summed E-state index contributed by atoms with van der Waals surface area (Å²) in [5.41, 5.74) is 2.07. The van der Waals surface area contributed by atoms with Crippen LogP contribution >= 0.6 is 22.9 Å². The van der Waals surface area contributed by atoms with E-state index in [-0.39, 0.29) is 17.1 Å². The third kappa shape index (κ3) is 4.12. The van der Waals surface area contributed by atoms with Gasteiger partial charge in [0.15, 0.2) is 0 Å². The molecule has 1 fully saturated rings. The molecule has 1 aliphatic rings. The molecule has 12 heteroatoms. The minimum absolute atomic E-state index is 0.137. The van der Waals surface area contributed by atoms with Gasteiger partial charge in [-0.05, 0) is 41.6 Å². The van der Waals surface area contributed by atoms with Gasteiger partial charge in [-0.15, -0.1) is 11.3 Å². The number of carbonyl (C=O) groups excluding carboxylic acids is 1. The van der Waals surface area contributed by atoms with Gasteiger partial charge in [0.25, 0.3) is 10.2 Å². The SMILES string of the molecule is CN1C(C(=O)Nc2ccc(F)c(Cl)c2)CC(c2cc(-c3cn[nH]c3)cs2)NS1(=O)=O. The Hall–Kier alpha value is -2.31. The third-order valence-electron chi connectivity index (χ3n) is 4.85. The lowest BCUT2D eigenvalue weighted by Gasteiger charge is -2.35. The van der Waals surface area contributed by atoms with Crippen LogP contribution in [0.15, 0.2) is 42.0 Å². The van der Waals surface area contributed by atoms with E-state index in [9.17, 15) is 17.6 Å². The van der Waals surface area contributed by atoms with Crippen molar-refractivity contribution < 1.29 is 17.6 Å². The van der Waals surface area contributed by atoms with Crippen LogP contribution in [0.4, 0.5) is 10.1 Å². The quantitative estimate of drug-likeness (QED) is 0.545. The molecule has 0 aliphatic carbocycles. The summed E-state index contributed by atoms with van der Waals surface area (Å²) in [4.78, 5) is 13.6. The molecule has 0 bridgehead atoms. The lowest BCUT2D eigenvalue weighted by molar-refractivity contribution is -0.120. The normalized spacial score (nSPS) is 21.4. The highest BCUT2D eigenvalue weighted by Gasteiger charge is 2.41. The molecule has 1 saturated heterocycles. The van der Waals surface area contributed by atoms with E-state index in [1.165, 1.54) is 30.5 Å². The number of hydrogen-bond donors (Lipinski definition) is 3. The lowest BCUT2D eigenvalue weighted by atomic mass is 10.0. The Kier molecular flexibility index (Phi) is 5.64. The summed E-state index contributed by atoms with van der Waals surface area (Å²) in [6, 6.07) is 4.13.